The SMILES string of the molecule is CC(C)(C)OC(=O)NC1[C@@H]2CC3C[C@H]1CC(CNc1nc(NCCc4ccc(O)cc4)ncc1C#N)(C3)C2. The number of aromatic nitrogens is 2. The van der Waals surface area contributed by atoms with Crippen LogP contribution in [0, 0.1) is 34.5 Å². The maximum Gasteiger partial charge on any atom is 0.407 e. The van der Waals surface area contributed by atoms with Gasteiger partial charge in [0.05, 0.1) is 6.20 Å². The number of nitrogens with zero attached hydrogens (tertiary/aromatic N) is 3. The average molecular weight is 519 g/mol. The Morgan fingerprint density at radius 2 is 1.87 bits per heavy atom. The monoisotopic (exact) mass is 518 g/mol. The Kier molecular flexibility index (Phi) is 7.08. The smallest absolute Gasteiger partial charge is 0.407 e. The second-order valence-electron chi connectivity index (χ2n) is 12.4. The number of rotatable bonds is 8. The van der Waals surface area contributed by atoms with Gasteiger partial charge in [0.15, 0.2) is 0 Å². The Balaban J connectivity index is 1.20. The van der Waals surface area contributed by atoms with Crippen LogP contribution in [0.5, 0.6) is 5.75 Å². The number of nitriles is 1. The second kappa shape index (κ2) is 10.3. The van der Waals surface area contributed by atoms with E-state index in [1.165, 1.54) is 6.42 Å². The van der Waals surface area contributed by atoms with Gasteiger partial charge in [-0.2, -0.15) is 10.2 Å². The molecule has 0 spiro atoms. The zero-order valence-electron chi connectivity index (χ0n) is 22.5. The van der Waals surface area contributed by atoms with Crippen molar-refractivity contribution in [2.75, 3.05) is 23.7 Å². The lowest BCUT2D eigenvalue weighted by Gasteiger charge is -2.60. The molecule has 4 bridgehead atoms. The van der Waals surface area contributed by atoms with E-state index in [2.05, 4.69) is 32.0 Å². The molecule has 0 saturated heterocycles. The van der Waals surface area contributed by atoms with E-state index in [-0.39, 0.29) is 23.3 Å². The zero-order chi connectivity index (χ0) is 26.9. The maximum absolute atomic E-state index is 12.5. The number of phenols is 1. The molecule has 1 heterocycles. The molecule has 1 amide bonds. The van der Waals surface area contributed by atoms with Gasteiger partial charge in [0.25, 0.3) is 0 Å². The van der Waals surface area contributed by atoms with Crippen molar-refractivity contribution in [1.29, 1.82) is 5.26 Å². The van der Waals surface area contributed by atoms with E-state index in [9.17, 15) is 15.2 Å². The molecule has 4 aliphatic rings. The van der Waals surface area contributed by atoms with Crippen molar-refractivity contribution in [3.8, 4) is 11.8 Å². The standard InChI is InChI=1S/C29H38N6O3/c1-28(2,3)38-27(37)34-24-20-10-19-11-21(24)14-29(12-19,13-20)17-33-25-22(15-30)16-32-26(35-25)31-9-8-18-4-6-23(36)7-5-18/h4-7,16,19-21,24,36H,8-14,17H2,1-3H3,(H,34,37)(H2,31,32,33,35)/t19?,20-,21+,24?,29?. The van der Waals surface area contributed by atoms with Crippen LogP contribution in [-0.4, -0.2) is 45.9 Å². The summed E-state index contributed by atoms with van der Waals surface area (Å²) in [7, 11) is 0. The third kappa shape index (κ3) is 5.95. The molecule has 2 aromatic rings. The summed E-state index contributed by atoms with van der Waals surface area (Å²) in [6.45, 7) is 7.07. The van der Waals surface area contributed by atoms with Crippen molar-refractivity contribution in [1.82, 2.24) is 15.3 Å². The van der Waals surface area contributed by atoms with Crippen molar-refractivity contribution in [3.63, 3.8) is 0 Å². The molecule has 4 aliphatic carbocycles. The third-order valence-corrected chi connectivity index (χ3v) is 8.26. The number of hydrogen-bond donors (Lipinski definition) is 4. The van der Waals surface area contributed by atoms with Crippen molar-refractivity contribution in [2.45, 2.75) is 70.9 Å². The molecule has 1 aromatic heterocycles. The molecule has 3 unspecified atom stereocenters. The van der Waals surface area contributed by atoms with Gasteiger partial charge < -0.3 is 25.8 Å². The van der Waals surface area contributed by atoms with Crippen molar-refractivity contribution < 1.29 is 14.6 Å². The molecular formula is C29H38N6O3. The molecule has 202 valence electrons. The minimum Gasteiger partial charge on any atom is -0.508 e. The highest BCUT2D eigenvalue weighted by Crippen LogP contribution is 2.60. The van der Waals surface area contributed by atoms with Gasteiger partial charge in [-0.25, -0.2) is 9.78 Å². The minimum atomic E-state index is -0.504. The van der Waals surface area contributed by atoms with Crippen LogP contribution in [0.2, 0.25) is 0 Å². The van der Waals surface area contributed by atoms with Crippen molar-refractivity contribution in [3.05, 3.63) is 41.6 Å². The van der Waals surface area contributed by atoms with E-state index < -0.39 is 5.60 Å². The molecular weight excluding hydrogens is 480 g/mol. The fraction of sp³-hybridized carbons (Fsp3) is 0.586. The predicted molar refractivity (Wildman–Crippen MR) is 145 cm³/mol. The number of hydrogen-bond acceptors (Lipinski definition) is 8. The van der Waals surface area contributed by atoms with Crippen LogP contribution in [0.4, 0.5) is 16.6 Å². The summed E-state index contributed by atoms with van der Waals surface area (Å²) in [5, 5.41) is 29.1. The molecule has 38 heavy (non-hydrogen) atoms. The Hall–Kier alpha value is -3.54. The summed E-state index contributed by atoms with van der Waals surface area (Å²) in [6, 6.07) is 9.53. The van der Waals surface area contributed by atoms with E-state index in [1.54, 1.807) is 18.3 Å². The van der Waals surface area contributed by atoms with E-state index >= 15 is 0 Å². The quantitative estimate of drug-likeness (QED) is 0.390. The topological polar surface area (TPSA) is 132 Å². The van der Waals surface area contributed by atoms with E-state index in [0.717, 1.165) is 44.2 Å². The van der Waals surface area contributed by atoms with Crippen LogP contribution in [-0.2, 0) is 11.2 Å². The molecule has 9 heteroatoms. The highest BCUT2D eigenvalue weighted by Gasteiger charge is 2.55. The molecule has 1 aromatic carbocycles. The van der Waals surface area contributed by atoms with Gasteiger partial charge in [-0.3, -0.25) is 0 Å². The number of ether oxygens (including phenoxy) is 1. The van der Waals surface area contributed by atoms with Crippen LogP contribution in [0.1, 0.15) is 64.0 Å². The number of carbonyl (C=O) groups excluding carboxylic acids is 1. The second-order valence-corrected chi connectivity index (χ2v) is 12.4. The number of carbonyl (C=O) groups is 1. The molecule has 9 nitrogen and oxygen atoms in total. The summed E-state index contributed by atoms with van der Waals surface area (Å²) < 4.78 is 5.55. The Morgan fingerprint density at radius 1 is 1.16 bits per heavy atom. The predicted octanol–water partition coefficient (Wildman–Crippen LogP) is 4.84. The van der Waals surface area contributed by atoms with E-state index in [4.69, 9.17) is 4.74 Å². The Labute approximate surface area is 224 Å². The maximum atomic E-state index is 12.5. The van der Waals surface area contributed by atoms with Crippen LogP contribution in [0.3, 0.4) is 0 Å². The molecule has 4 saturated carbocycles. The lowest BCUT2D eigenvalue weighted by molar-refractivity contribution is -0.0703. The first-order chi connectivity index (χ1) is 18.1. The number of anilines is 2. The molecule has 6 rings (SSSR count). The van der Waals surface area contributed by atoms with Crippen LogP contribution >= 0.6 is 0 Å². The molecule has 5 atom stereocenters. The number of benzene rings is 1. The highest BCUT2D eigenvalue weighted by atomic mass is 16.6. The highest BCUT2D eigenvalue weighted by molar-refractivity contribution is 5.68. The normalized spacial score (nSPS) is 27.4. The molecule has 4 N–H and O–H groups in total. The summed E-state index contributed by atoms with van der Waals surface area (Å²) in [6.07, 6.45) is 7.62. The van der Waals surface area contributed by atoms with Gasteiger partial charge in [-0.15, -0.1) is 0 Å². The van der Waals surface area contributed by atoms with Crippen LogP contribution in [0.25, 0.3) is 0 Å². The zero-order valence-corrected chi connectivity index (χ0v) is 22.5. The van der Waals surface area contributed by atoms with Gasteiger partial charge in [0.1, 0.15) is 28.8 Å². The van der Waals surface area contributed by atoms with Crippen LogP contribution < -0.4 is 16.0 Å². The fourth-order valence-electron chi connectivity index (χ4n) is 7.02. The molecule has 0 aliphatic heterocycles. The van der Waals surface area contributed by atoms with Gasteiger partial charge in [0, 0.05) is 19.1 Å². The lowest BCUT2D eigenvalue weighted by Crippen LogP contribution is -2.60. The lowest BCUT2D eigenvalue weighted by atomic mass is 9.48. The first-order valence-corrected chi connectivity index (χ1v) is 13.6. The number of aromatic hydroxyl groups is 1. The van der Waals surface area contributed by atoms with Crippen molar-refractivity contribution >= 4 is 17.9 Å². The van der Waals surface area contributed by atoms with Crippen LogP contribution in [0.15, 0.2) is 30.5 Å². The summed E-state index contributed by atoms with van der Waals surface area (Å²) in [5.74, 6) is 2.89. The summed E-state index contributed by atoms with van der Waals surface area (Å²) in [5.41, 5.74) is 1.18. The van der Waals surface area contributed by atoms with Crippen molar-refractivity contribution in [2.24, 2.45) is 23.2 Å². The molecule has 0 radical (unpaired) electrons. The summed E-state index contributed by atoms with van der Waals surface area (Å²) >= 11 is 0. The Bertz CT molecular complexity index is 1190. The third-order valence-electron chi connectivity index (χ3n) is 8.26. The van der Waals surface area contributed by atoms with E-state index in [1.807, 2.05) is 32.9 Å². The van der Waals surface area contributed by atoms with Gasteiger partial charge in [-0.1, -0.05) is 12.1 Å². The number of nitrogens with one attached hydrogen (secondary N) is 3. The first-order valence-electron chi connectivity index (χ1n) is 13.6. The fourth-order valence-corrected chi connectivity index (χ4v) is 7.02. The number of amides is 1. The van der Waals surface area contributed by atoms with Gasteiger partial charge in [0.2, 0.25) is 5.95 Å². The number of phenolic OH excluding ortho intramolecular Hbond substituents is 1. The minimum absolute atomic E-state index is 0.146. The average Bonchev–Trinajstić information content (AvgIpc) is 2.85. The van der Waals surface area contributed by atoms with Gasteiger partial charge >= 0.3 is 6.09 Å². The first kappa shape index (κ1) is 26.1. The molecule has 4 fully saturated rings. The van der Waals surface area contributed by atoms with E-state index in [0.29, 0.717) is 41.6 Å². The van der Waals surface area contributed by atoms with Gasteiger partial charge in [-0.05, 0) is 100 Å². The summed E-state index contributed by atoms with van der Waals surface area (Å²) in [4.78, 5) is 21.4. The Morgan fingerprint density at radius 3 is 2.53 bits per heavy atom. The largest absolute Gasteiger partial charge is 0.508 e. The number of alkyl carbamates (subject to hydrolysis) is 1.